The SMILES string of the molecule is CC(N)Cc1nncc(-c2ccccc2O)n1. The summed E-state index contributed by atoms with van der Waals surface area (Å²) in [5, 5.41) is 17.5. The Hall–Kier alpha value is -2.01. The molecule has 0 amide bonds. The van der Waals surface area contributed by atoms with E-state index in [0.29, 0.717) is 23.5 Å². The molecule has 2 aromatic rings. The highest BCUT2D eigenvalue weighted by molar-refractivity contribution is 5.65. The van der Waals surface area contributed by atoms with Crippen molar-refractivity contribution in [3.63, 3.8) is 0 Å². The van der Waals surface area contributed by atoms with Gasteiger partial charge in [0.2, 0.25) is 0 Å². The molecule has 0 saturated carbocycles. The van der Waals surface area contributed by atoms with Gasteiger partial charge >= 0.3 is 0 Å². The largest absolute Gasteiger partial charge is 0.507 e. The zero-order valence-electron chi connectivity index (χ0n) is 9.54. The fourth-order valence-corrected chi connectivity index (χ4v) is 1.53. The molecule has 5 nitrogen and oxygen atoms in total. The maximum atomic E-state index is 9.72. The van der Waals surface area contributed by atoms with E-state index in [9.17, 15) is 5.11 Å². The molecule has 0 spiro atoms. The second-order valence-corrected chi connectivity index (χ2v) is 3.96. The number of nitrogens with two attached hydrogens (primary N) is 1. The van der Waals surface area contributed by atoms with Crippen LogP contribution in [0, 0.1) is 0 Å². The molecule has 2 rings (SSSR count). The molecule has 5 heteroatoms. The van der Waals surface area contributed by atoms with Crippen molar-refractivity contribution in [2.75, 3.05) is 0 Å². The van der Waals surface area contributed by atoms with E-state index in [-0.39, 0.29) is 11.8 Å². The van der Waals surface area contributed by atoms with Crippen LogP contribution in [0.3, 0.4) is 0 Å². The van der Waals surface area contributed by atoms with Crippen LogP contribution in [0.5, 0.6) is 5.75 Å². The zero-order chi connectivity index (χ0) is 12.3. The summed E-state index contributed by atoms with van der Waals surface area (Å²) >= 11 is 0. The number of nitrogens with zero attached hydrogens (tertiary/aromatic N) is 3. The number of phenolic OH excluding ortho intramolecular Hbond substituents is 1. The Morgan fingerprint density at radius 3 is 2.82 bits per heavy atom. The standard InChI is InChI=1S/C12H14N4O/c1-8(13)6-12-15-10(7-14-16-12)9-4-2-3-5-11(9)17/h2-5,7-8,17H,6,13H2,1H3. The van der Waals surface area contributed by atoms with E-state index in [1.807, 2.05) is 13.0 Å². The fraction of sp³-hybridized carbons (Fsp3) is 0.250. The number of hydrogen-bond donors (Lipinski definition) is 2. The molecular formula is C12H14N4O. The van der Waals surface area contributed by atoms with Gasteiger partial charge in [-0.2, -0.15) is 5.10 Å². The minimum absolute atomic E-state index is 0.0172. The lowest BCUT2D eigenvalue weighted by Crippen LogP contribution is -2.19. The van der Waals surface area contributed by atoms with Crippen LogP contribution in [0.15, 0.2) is 30.5 Å². The summed E-state index contributed by atoms with van der Waals surface area (Å²) in [6, 6.07) is 6.98. The van der Waals surface area contributed by atoms with E-state index in [1.54, 1.807) is 18.2 Å². The van der Waals surface area contributed by atoms with Crippen molar-refractivity contribution in [3.8, 4) is 17.0 Å². The molecule has 1 unspecified atom stereocenters. The van der Waals surface area contributed by atoms with Crippen molar-refractivity contribution in [2.45, 2.75) is 19.4 Å². The number of aromatic nitrogens is 3. The first-order valence-electron chi connectivity index (χ1n) is 5.39. The summed E-state index contributed by atoms with van der Waals surface area (Å²) in [7, 11) is 0. The summed E-state index contributed by atoms with van der Waals surface area (Å²) in [6.07, 6.45) is 2.09. The molecule has 0 aliphatic heterocycles. The molecule has 0 fully saturated rings. The molecular weight excluding hydrogens is 216 g/mol. The van der Waals surface area contributed by atoms with E-state index >= 15 is 0 Å². The first-order chi connectivity index (χ1) is 8.16. The van der Waals surface area contributed by atoms with Crippen LogP contribution in [0.2, 0.25) is 0 Å². The van der Waals surface area contributed by atoms with E-state index in [1.165, 1.54) is 6.20 Å². The number of aromatic hydroxyl groups is 1. The van der Waals surface area contributed by atoms with E-state index < -0.39 is 0 Å². The first kappa shape index (κ1) is 11.5. The monoisotopic (exact) mass is 230 g/mol. The molecule has 0 aliphatic rings. The van der Waals surface area contributed by atoms with E-state index in [4.69, 9.17) is 5.73 Å². The van der Waals surface area contributed by atoms with Crippen LogP contribution in [0.4, 0.5) is 0 Å². The summed E-state index contributed by atoms with van der Waals surface area (Å²) in [5.74, 6) is 0.764. The third kappa shape index (κ3) is 2.76. The third-order valence-corrected chi connectivity index (χ3v) is 2.29. The topological polar surface area (TPSA) is 84.9 Å². The Bertz CT molecular complexity index is 513. The van der Waals surface area contributed by atoms with Gasteiger partial charge in [-0.15, -0.1) is 5.10 Å². The molecule has 1 aromatic heterocycles. The first-order valence-corrected chi connectivity index (χ1v) is 5.39. The minimum Gasteiger partial charge on any atom is -0.507 e. The highest BCUT2D eigenvalue weighted by atomic mass is 16.3. The molecule has 1 aromatic carbocycles. The average molecular weight is 230 g/mol. The lowest BCUT2D eigenvalue weighted by Gasteiger charge is -2.06. The van der Waals surface area contributed by atoms with Crippen molar-refractivity contribution in [3.05, 3.63) is 36.3 Å². The van der Waals surface area contributed by atoms with Gasteiger partial charge in [0.05, 0.1) is 11.9 Å². The fourth-order valence-electron chi connectivity index (χ4n) is 1.53. The maximum absolute atomic E-state index is 9.72. The van der Waals surface area contributed by atoms with E-state index in [0.717, 1.165) is 0 Å². The Morgan fingerprint density at radius 1 is 1.35 bits per heavy atom. The van der Waals surface area contributed by atoms with Gasteiger partial charge < -0.3 is 10.8 Å². The van der Waals surface area contributed by atoms with Crippen LogP contribution < -0.4 is 5.73 Å². The average Bonchev–Trinajstić information content (AvgIpc) is 2.29. The van der Waals surface area contributed by atoms with E-state index in [2.05, 4.69) is 15.2 Å². The molecule has 88 valence electrons. The Balaban J connectivity index is 2.37. The van der Waals surface area contributed by atoms with Crippen LogP contribution in [0.1, 0.15) is 12.7 Å². The molecule has 0 radical (unpaired) electrons. The summed E-state index contributed by atoms with van der Waals surface area (Å²) < 4.78 is 0. The third-order valence-electron chi connectivity index (χ3n) is 2.29. The number of rotatable bonds is 3. The number of para-hydroxylation sites is 1. The molecule has 0 bridgehead atoms. The Morgan fingerprint density at radius 2 is 2.12 bits per heavy atom. The molecule has 1 atom stereocenters. The van der Waals surface area contributed by atoms with Crippen molar-refractivity contribution in [2.24, 2.45) is 5.73 Å². The Kier molecular flexibility index (Phi) is 3.30. The highest BCUT2D eigenvalue weighted by Gasteiger charge is 2.08. The lowest BCUT2D eigenvalue weighted by molar-refractivity contribution is 0.477. The van der Waals surface area contributed by atoms with Gasteiger partial charge in [0.1, 0.15) is 5.75 Å². The second kappa shape index (κ2) is 4.88. The summed E-state index contributed by atoms with van der Waals surface area (Å²) in [5.41, 5.74) is 6.94. The van der Waals surface area contributed by atoms with Gasteiger partial charge in [0, 0.05) is 18.0 Å². The van der Waals surface area contributed by atoms with Crippen LogP contribution in [-0.4, -0.2) is 26.3 Å². The van der Waals surface area contributed by atoms with Crippen molar-refractivity contribution >= 4 is 0 Å². The van der Waals surface area contributed by atoms with Crippen LogP contribution >= 0.6 is 0 Å². The number of hydrogen-bond acceptors (Lipinski definition) is 5. The van der Waals surface area contributed by atoms with Gasteiger partial charge in [-0.05, 0) is 19.1 Å². The maximum Gasteiger partial charge on any atom is 0.153 e. The van der Waals surface area contributed by atoms with Gasteiger partial charge in [-0.1, -0.05) is 12.1 Å². The lowest BCUT2D eigenvalue weighted by atomic mass is 10.1. The predicted molar refractivity (Wildman–Crippen MR) is 64.3 cm³/mol. The van der Waals surface area contributed by atoms with Gasteiger partial charge in [-0.3, -0.25) is 0 Å². The summed E-state index contributed by atoms with van der Waals surface area (Å²) in [4.78, 5) is 4.33. The molecule has 17 heavy (non-hydrogen) atoms. The molecule has 0 aliphatic carbocycles. The van der Waals surface area contributed by atoms with Gasteiger partial charge in [0.25, 0.3) is 0 Å². The number of phenols is 1. The quantitative estimate of drug-likeness (QED) is 0.825. The Labute approximate surface area is 99.3 Å². The highest BCUT2D eigenvalue weighted by Crippen LogP contribution is 2.26. The molecule has 1 heterocycles. The van der Waals surface area contributed by atoms with Crippen LogP contribution in [0.25, 0.3) is 11.3 Å². The van der Waals surface area contributed by atoms with Crippen LogP contribution in [-0.2, 0) is 6.42 Å². The second-order valence-electron chi connectivity index (χ2n) is 3.96. The summed E-state index contributed by atoms with van der Waals surface area (Å²) in [6.45, 7) is 1.88. The zero-order valence-corrected chi connectivity index (χ0v) is 9.54. The van der Waals surface area contributed by atoms with Gasteiger partial charge in [-0.25, -0.2) is 4.98 Å². The number of benzene rings is 1. The predicted octanol–water partition coefficient (Wildman–Crippen LogP) is 1.13. The molecule has 0 saturated heterocycles. The normalized spacial score (nSPS) is 12.4. The van der Waals surface area contributed by atoms with Gasteiger partial charge in [0.15, 0.2) is 5.82 Å². The molecule has 3 N–H and O–H groups in total. The smallest absolute Gasteiger partial charge is 0.153 e. The van der Waals surface area contributed by atoms with Crippen molar-refractivity contribution < 1.29 is 5.11 Å². The van der Waals surface area contributed by atoms with Crippen molar-refractivity contribution in [1.82, 2.24) is 15.2 Å². The minimum atomic E-state index is -0.0172. The van der Waals surface area contributed by atoms with Crippen molar-refractivity contribution in [1.29, 1.82) is 0 Å².